The van der Waals surface area contributed by atoms with Crippen LogP contribution in [0.3, 0.4) is 0 Å². The molecule has 0 spiro atoms. The van der Waals surface area contributed by atoms with E-state index in [9.17, 15) is 4.79 Å². The number of carbonyl (C=O) groups excluding carboxylic acids is 1. The van der Waals surface area contributed by atoms with Gasteiger partial charge < -0.3 is 4.79 Å². The monoisotopic (exact) mass is 138 g/mol. The molecule has 0 amide bonds. The summed E-state index contributed by atoms with van der Waals surface area (Å²) in [5.41, 5.74) is 0. The number of carbonyl (C=O) groups is 1. The van der Waals surface area contributed by atoms with Crippen LogP contribution in [0.25, 0.3) is 0 Å². The van der Waals surface area contributed by atoms with E-state index in [2.05, 4.69) is 11.8 Å². The Hall–Kier alpha value is -0.770. The molecular weight excluding hydrogens is 124 g/mol. The lowest BCUT2D eigenvalue weighted by Gasteiger charge is -1.97. The molecule has 0 aliphatic carbocycles. The van der Waals surface area contributed by atoms with Gasteiger partial charge in [-0.15, -0.1) is 11.8 Å². The molecule has 0 fully saturated rings. The maximum absolute atomic E-state index is 10.1. The van der Waals surface area contributed by atoms with Crippen molar-refractivity contribution in [3.63, 3.8) is 0 Å². The Morgan fingerprint density at radius 2 is 2.30 bits per heavy atom. The standard InChI is InChI=1S/C9H14O/c1-3-4-5-6-7-9(2)8-10/h8-9H,5-7H2,1-2H3/t9-/m0/s1. The minimum absolute atomic E-state index is 0.207. The van der Waals surface area contributed by atoms with Crippen LogP contribution in [0, 0.1) is 17.8 Å². The molecule has 0 aromatic rings. The van der Waals surface area contributed by atoms with Gasteiger partial charge in [0, 0.05) is 12.3 Å². The van der Waals surface area contributed by atoms with E-state index in [0.29, 0.717) is 0 Å². The molecule has 0 radical (unpaired) electrons. The molecule has 56 valence electrons. The van der Waals surface area contributed by atoms with Crippen molar-refractivity contribution < 1.29 is 4.79 Å². The zero-order valence-corrected chi connectivity index (χ0v) is 6.68. The lowest BCUT2D eigenvalue weighted by Crippen LogP contribution is -1.93. The molecule has 0 unspecified atom stereocenters. The Bertz CT molecular complexity index is 139. The van der Waals surface area contributed by atoms with Gasteiger partial charge in [-0.05, 0) is 19.8 Å². The smallest absolute Gasteiger partial charge is 0.122 e. The SMILES string of the molecule is CC#CCCC[C@H](C)C=O. The Labute approximate surface area is 62.8 Å². The maximum atomic E-state index is 10.1. The second-order valence-corrected chi connectivity index (χ2v) is 2.43. The molecule has 0 saturated carbocycles. The molecule has 0 aromatic heterocycles. The Balaban J connectivity index is 3.16. The molecule has 10 heavy (non-hydrogen) atoms. The van der Waals surface area contributed by atoms with Crippen molar-refractivity contribution in [3.05, 3.63) is 0 Å². The van der Waals surface area contributed by atoms with Gasteiger partial charge in [0.1, 0.15) is 6.29 Å². The zero-order chi connectivity index (χ0) is 7.82. The van der Waals surface area contributed by atoms with E-state index >= 15 is 0 Å². The number of aldehydes is 1. The fourth-order valence-electron chi connectivity index (χ4n) is 0.705. The normalized spacial score (nSPS) is 11.4. The van der Waals surface area contributed by atoms with Crippen molar-refractivity contribution in [2.24, 2.45) is 5.92 Å². The topological polar surface area (TPSA) is 17.1 Å². The summed E-state index contributed by atoms with van der Waals surface area (Å²) < 4.78 is 0. The lowest BCUT2D eigenvalue weighted by molar-refractivity contribution is -0.110. The summed E-state index contributed by atoms with van der Waals surface area (Å²) in [5.74, 6) is 5.99. The average molecular weight is 138 g/mol. The fraction of sp³-hybridized carbons (Fsp3) is 0.667. The quantitative estimate of drug-likeness (QED) is 0.330. The highest BCUT2D eigenvalue weighted by Crippen LogP contribution is 2.03. The minimum atomic E-state index is 0.207. The second-order valence-electron chi connectivity index (χ2n) is 2.43. The van der Waals surface area contributed by atoms with Crippen molar-refractivity contribution in [2.75, 3.05) is 0 Å². The average Bonchev–Trinajstić information content (AvgIpc) is 1.98. The summed E-state index contributed by atoms with van der Waals surface area (Å²) in [6, 6.07) is 0. The first-order chi connectivity index (χ1) is 4.81. The molecule has 0 aromatic carbocycles. The highest BCUT2D eigenvalue weighted by Gasteiger charge is 1.96. The van der Waals surface area contributed by atoms with Gasteiger partial charge >= 0.3 is 0 Å². The minimum Gasteiger partial charge on any atom is -0.303 e. The van der Waals surface area contributed by atoms with E-state index in [0.717, 1.165) is 25.5 Å². The Kier molecular flexibility index (Phi) is 5.86. The number of unbranched alkanes of at least 4 members (excludes halogenated alkanes) is 1. The van der Waals surface area contributed by atoms with Crippen molar-refractivity contribution in [1.29, 1.82) is 0 Å². The van der Waals surface area contributed by atoms with E-state index in [1.807, 2.05) is 13.8 Å². The zero-order valence-electron chi connectivity index (χ0n) is 6.68. The van der Waals surface area contributed by atoms with E-state index in [1.165, 1.54) is 0 Å². The van der Waals surface area contributed by atoms with Crippen molar-refractivity contribution in [2.45, 2.75) is 33.1 Å². The summed E-state index contributed by atoms with van der Waals surface area (Å²) in [6.45, 7) is 3.77. The van der Waals surface area contributed by atoms with Crippen LogP contribution in [0.1, 0.15) is 33.1 Å². The molecule has 0 heterocycles. The van der Waals surface area contributed by atoms with Gasteiger partial charge in [-0.25, -0.2) is 0 Å². The predicted molar refractivity (Wildman–Crippen MR) is 42.5 cm³/mol. The van der Waals surface area contributed by atoms with E-state index in [1.54, 1.807) is 0 Å². The van der Waals surface area contributed by atoms with Crippen LogP contribution in [-0.4, -0.2) is 6.29 Å². The fourth-order valence-corrected chi connectivity index (χ4v) is 0.705. The predicted octanol–water partition coefficient (Wildman–Crippen LogP) is 2.02. The van der Waals surface area contributed by atoms with Gasteiger partial charge in [-0.2, -0.15) is 0 Å². The van der Waals surface area contributed by atoms with E-state index < -0.39 is 0 Å². The molecule has 0 N–H and O–H groups in total. The van der Waals surface area contributed by atoms with Crippen LogP contribution < -0.4 is 0 Å². The first kappa shape index (κ1) is 9.23. The molecule has 0 rings (SSSR count). The summed E-state index contributed by atoms with van der Waals surface area (Å²) in [7, 11) is 0. The molecular formula is C9H14O. The van der Waals surface area contributed by atoms with Gasteiger partial charge in [0.25, 0.3) is 0 Å². The van der Waals surface area contributed by atoms with Gasteiger partial charge in [-0.1, -0.05) is 6.92 Å². The molecule has 0 aliphatic heterocycles. The molecule has 1 heteroatoms. The molecule has 1 nitrogen and oxygen atoms in total. The second kappa shape index (κ2) is 6.35. The summed E-state index contributed by atoms with van der Waals surface area (Å²) >= 11 is 0. The molecule has 1 atom stereocenters. The highest BCUT2D eigenvalue weighted by molar-refractivity contribution is 5.52. The van der Waals surface area contributed by atoms with Gasteiger partial charge in [-0.3, -0.25) is 0 Å². The summed E-state index contributed by atoms with van der Waals surface area (Å²) in [5, 5.41) is 0. The van der Waals surface area contributed by atoms with Crippen LogP contribution in [0.5, 0.6) is 0 Å². The van der Waals surface area contributed by atoms with E-state index in [-0.39, 0.29) is 5.92 Å². The summed E-state index contributed by atoms with van der Waals surface area (Å²) in [4.78, 5) is 10.1. The number of hydrogen-bond acceptors (Lipinski definition) is 1. The number of rotatable bonds is 4. The third-order valence-corrected chi connectivity index (χ3v) is 1.37. The number of hydrogen-bond donors (Lipinski definition) is 0. The summed E-state index contributed by atoms with van der Waals surface area (Å²) in [6.07, 6.45) is 3.94. The van der Waals surface area contributed by atoms with Gasteiger partial charge in [0.15, 0.2) is 0 Å². The van der Waals surface area contributed by atoms with Crippen molar-refractivity contribution >= 4 is 6.29 Å². The highest BCUT2D eigenvalue weighted by atomic mass is 16.1. The van der Waals surface area contributed by atoms with Crippen LogP contribution in [0.15, 0.2) is 0 Å². The Morgan fingerprint density at radius 3 is 2.80 bits per heavy atom. The van der Waals surface area contributed by atoms with Crippen LogP contribution in [-0.2, 0) is 4.79 Å². The van der Waals surface area contributed by atoms with Crippen molar-refractivity contribution in [3.8, 4) is 11.8 Å². The van der Waals surface area contributed by atoms with Crippen LogP contribution >= 0.6 is 0 Å². The molecule has 0 bridgehead atoms. The molecule has 0 saturated heterocycles. The maximum Gasteiger partial charge on any atom is 0.122 e. The van der Waals surface area contributed by atoms with Crippen LogP contribution in [0.2, 0.25) is 0 Å². The lowest BCUT2D eigenvalue weighted by atomic mass is 10.1. The van der Waals surface area contributed by atoms with E-state index in [4.69, 9.17) is 0 Å². The Morgan fingerprint density at radius 1 is 1.60 bits per heavy atom. The first-order valence-electron chi connectivity index (χ1n) is 3.66. The van der Waals surface area contributed by atoms with Gasteiger partial charge in [0.05, 0.1) is 0 Å². The first-order valence-corrected chi connectivity index (χ1v) is 3.66. The third-order valence-electron chi connectivity index (χ3n) is 1.37. The van der Waals surface area contributed by atoms with Crippen molar-refractivity contribution in [1.82, 2.24) is 0 Å². The third kappa shape index (κ3) is 5.37. The van der Waals surface area contributed by atoms with Crippen LogP contribution in [0.4, 0.5) is 0 Å². The van der Waals surface area contributed by atoms with Gasteiger partial charge in [0.2, 0.25) is 0 Å². The molecule has 0 aliphatic rings. The largest absolute Gasteiger partial charge is 0.303 e.